The largest absolute Gasteiger partial charge is 0.493 e. The second kappa shape index (κ2) is 9.81. The number of halogens is 1. The van der Waals surface area contributed by atoms with Crippen molar-refractivity contribution in [2.24, 2.45) is 4.99 Å². The summed E-state index contributed by atoms with van der Waals surface area (Å²) in [7, 11) is 2.00. The molecule has 154 valence electrons. The number of methoxy groups -OCH3 is 2. The molecule has 1 fully saturated rings. The first kappa shape index (κ1) is 23.8. The van der Waals surface area contributed by atoms with Crippen LogP contribution in [0.1, 0.15) is 25.8 Å². The monoisotopic (exact) mass is 511 g/mol. The minimum Gasteiger partial charge on any atom is -0.493 e. The van der Waals surface area contributed by atoms with Crippen LogP contribution < -0.4 is 20.1 Å². The molecule has 1 saturated heterocycles. The van der Waals surface area contributed by atoms with E-state index in [1.165, 1.54) is 0 Å². The Balaban J connectivity index is 0.00000364. The highest BCUT2D eigenvalue weighted by Crippen LogP contribution is 2.32. The Bertz CT molecular complexity index is 766. The summed E-state index contributed by atoms with van der Waals surface area (Å²) in [6, 6.07) is 5.80. The summed E-state index contributed by atoms with van der Waals surface area (Å²) in [6.45, 7) is 4.87. The molecule has 1 heterocycles. The summed E-state index contributed by atoms with van der Waals surface area (Å²) in [5.41, 5.74) is 0.903. The number of nitrogens with one attached hydrogen (secondary N) is 2. The van der Waals surface area contributed by atoms with E-state index < -0.39 is 9.84 Å². The van der Waals surface area contributed by atoms with E-state index in [0.717, 1.165) is 5.56 Å². The third-order valence-electron chi connectivity index (χ3n) is 4.66. The number of guanidine groups is 1. The Kier molecular flexibility index (Phi) is 8.65. The van der Waals surface area contributed by atoms with E-state index in [0.29, 0.717) is 30.4 Å². The van der Waals surface area contributed by atoms with Crippen LogP contribution in [0.2, 0.25) is 0 Å². The number of sulfone groups is 1. The molecule has 1 aliphatic rings. The van der Waals surface area contributed by atoms with Gasteiger partial charge < -0.3 is 20.1 Å². The molecule has 1 aliphatic heterocycles. The smallest absolute Gasteiger partial charge is 0.191 e. The summed E-state index contributed by atoms with van der Waals surface area (Å²) in [5, 5.41) is 6.50. The van der Waals surface area contributed by atoms with E-state index in [4.69, 9.17) is 9.47 Å². The van der Waals surface area contributed by atoms with E-state index >= 15 is 0 Å². The van der Waals surface area contributed by atoms with Gasteiger partial charge in [0.2, 0.25) is 0 Å². The molecule has 0 amide bonds. The molecular formula is C18H30IN3O4S. The average Bonchev–Trinajstić information content (AvgIpc) is 2.96. The van der Waals surface area contributed by atoms with Crippen molar-refractivity contribution in [2.45, 2.75) is 31.7 Å². The molecule has 2 rings (SSSR count). The standard InChI is InChI=1S/C18H29N3O4S.HI/c1-18(2,13-6-7-15(24-4)16(10-13)25-5)12-20-17(19-3)21-14-8-9-26(22,23)11-14;/h6-7,10,14H,8-9,11-12H2,1-5H3,(H2,19,20,21);1H. The van der Waals surface area contributed by atoms with Gasteiger partial charge in [-0.25, -0.2) is 8.42 Å². The third-order valence-corrected chi connectivity index (χ3v) is 6.43. The van der Waals surface area contributed by atoms with Crippen LogP contribution in [-0.2, 0) is 15.3 Å². The first-order valence-electron chi connectivity index (χ1n) is 8.61. The molecule has 0 spiro atoms. The van der Waals surface area contributed by atoms with Crippen LogP contribution >= 0.6 is 24.0 Å². The Morgan fingerprint density at radius 3 is 2.44 bits per heavy atom. The zero-order valence-electron chi connectivity index (χ0n) is 16.5. The van der Waals surface area contributed by atoms with Gasteiger partial charge in [-0.05, 0) is 24.1 Å². The average molecular weight is 511 g/mol. The molecule has 1 unspecified atom stereocenters. The highest BCUT2D eigenvalue weighted by molar-refractivity contribution is 14.0. The van der Waals surface area contributed by atoms with Gasteiger partial charge in [0.05, 0.1) is 25.7 Å². The fourth-order valence-electron chi connectivity index (χ4n) is 2.96. The van der Waals surface area contributed by atoms with E-state index in [-0.39, 0.29) is 46.9 Å². The lowest BCUT2D eigenvalue weighted by molar-refractivity contribution is 0.353. The Hall–Kier alpha value is -1.23. The van der Waals surface area contributed by atoms with Crippen molar-refractivity contribution in [3.63, 3.8) is 0 Å². The van der Waals surface area contributed by atoms with Crippen molar-refractivity contribution < 1.29 is 17.9 Å². The summed E-state index contributed by atoms with van der Waals surface area (Å²) in [5.74, 6) is 2.39. The zero-order chi connectivity index (χ0) is 19.4. The highest BCUT2D eigenvalue weighted by Gasteiger charge is 2.29. The lowest BCUT2D eigenvalue weighted by atomic mass is 9.84. The quantitative estimate of drug-likeness (QED) is 0.345. The molecule has 0 aliphatic carbocycles. The van der Waals surface area contributed by atoms with Crippen LogP contribution in [0.15, 0.2) is 23.2 Å². The minimum atomic E-state index is -2.92. The molecule has 0 bridgehead atoms. The van der Waals surface area contributed by atoms with Gasteiger partial charge in [-0.3, -0.25) is 4.99 Å². The summed E-state index contributed by atoms with van der Waals surface area (Å²) in [6.07, 6.45) is 0.613. The molecule has 7 nitrogen and oxygen atoms in total. The SMILES string of the molecule is CN=C(NCC(C)(C)c1ccc(OC)c(OC)c1)NC1CCS(=O)(=O)C1.I. The van der Waals surface area contributed by atoms with Gasteiger partial charge in [0.15, 0.2) is 27.3 Å². The number of hydrogen-bond acceptors (Lipinski definition) is 5. The number of aliphatic imine (C=N–C) groups is 1. The maximum Gasteiger partial charge on any atom is 0.191 e. The van der Waals surface area contributed by atoms with Gasteiger partial charge in [-0.2, -0.15) is 0 Å². The normalized spacial score (nSPS) is 19.1. The molecule has 0 saturated carbocycles. The molecule has 1 atom stereocenters. The van der Waals surface area contributed by atoms with Crippen molar-refractivity contribution in [1.29, 1.82) is 0 Å². The maximum atomic E-state index is 11.6. The van der Waals surface area contributed by atoms with Gasteiger partial charge in [-0.1, -0.05) is 19.9 Å². The molecule has 27 heavy (non-hydrogen) atoms. The lowest BCUT2D eigenvalue weighted by Crippen LogP contribution is -2.47. The zero-order valence-corrected chi connectivity index (χ0v) is 19.7. The number of nitrogens with zero attached hydrogens (tertiary/aromatic N) is 1. The minimum absolute atomic E-state index is 0. The van der Waals surface area contributed by atoms with Gasteiger partial charge >= 0.3 is 0 Å². The number of rotatable bonds is 6. The molecule has 2 N–H and O–H groups in total. The van der Waals surface area contributed by atoms with Gasteiger partial charge in [0, 0.05) is 25.0 Å². The van der Waals surface area contributed by atoms with Crippen molar-refractivity contribution in [3.05, 3.63) is 23.8 Å². The lowest BCUT2D eigenvalue weighted by Gasteiger charge is -2.28. The highest BCUT2D eigenvalue weighted by atomic mass is 127. The van der Waals surface area contributed by atoms with Crippen LogP contribution in [0.4, 0.5) is 0 Å². The van der Waals surface area contributed by atoms with Crippen LogP contribution in [0.25, 0.3) is 0 Å². The number of benzene rings is 1. The Morgan fingerprint density at radius 2 is 1.93 bits per heavy atom. The van der Waals surface area contributed by atoms with Crippen LogP contribution in [0.5, 0.6) is 11.5 Å². The van der Waals surface area contributed by atoms with Crippen LogP contribution in [-0.4, -0.2) is 59.7 Å². The summed E-state index contributed by atoms with van der Waals surface area (Å²) < 4.78 is 33.9. The summed E-state index contributed by atoms with van der Waals surface area (Å²) in [4.78, 5) is 4.21. The third kappa shape index (κ3) is 6.41. The fourth-order valence-corrected chi connectivity index (χ4v) is 4.63. The Labute approximate surface area is 179 Å². The predicted octanol–water partition coefficient (Wildman–Crippen LogP) is 1.95. The van der Waals surface area contributed by atoms with Crippen molar-refractivity contribution in [2.75, 3.05) is 39.3 Å². The van der Waals surface area contributed by atoms with E-state index in [9.17, 15) is 8.42 Å². The van der Waals surface area contributed by atoms with Crippen LogP contribution in [0, 0.1) is 0 Å². The molecule has 0 aromatic heterocycles. The van der Waals surface area contributed by atoms with Gasteiger partial charge in [0.1, 0.15) is 0 Å². The molecule has 1 aromatic rings. The first-order valence-corrected chi connectivity index (χ1v) is 10.4. The summed E-state index contributed by atoms with van der Waals surface area (Å²) >= 11 is 0. The first-order chi connectivity index (χ1) is 12.2. The number of ether oxygens (including phenoxy) is 2. The van der Waals surface area contributed by atoms with Gasteiger partial charge in [0.25, 0.3) is 0 Å². The number of hydrogen-bond donors (Lipinski definition) is 2. The Morgan fingerprint density at radius 1 is 1.26 bits per heavy atom. The molecular weight excluding hydrogens is 481 g/mol. The maximum absolute atomic E-state index is 11.6. The van der Waals surface area contributed by atoms with Crippen LogP contribution in [0.3, 0.4) is 0 Å². The van der Waals surface area contributed by atoms with Crippen molar-refractivity contribution in [3.8, 4) is 11.5 Å². The predicted molar refractivity (Wildman–Crippen MR) is 120 cm³/mol. The van der Waals surface area contributed by atoms with Crippen molar-refractivity contribution in [1.82, 2.24) is 10.6 Å². The van der Waals surface area contributed by atoms with E-state index in [1.807, 2.05) is 18.2 Å². The van der Waals surface area contributed by atoms with Gasteiger partial charge in [-0.15, -0.1) is 24.0 Å². The van der Waals surface area contributed by atoms with E-state index in [1.54, 1.807) is 21.3 Å². The van der Waals surface area contributed by atoms with Crippen molar-refractivity contribution >= 4 is 39.8 Å². The molecule has 1 aromatic carbocycles. The topological polar surface area (TPSA) is 89.0 Å². The second-order valence-corrected chi connectivity index (χ2v) is 9.35. The second-order valence-electron chi connectivity index (χ2n) is 7.12. The molecule has 9 heteroatoms. The van der Waals surface area contributed by atoms with E-state index in [2.05, 4.69) is 29.5 Å². The molecule has 0 radical (unpaired) electrons. The fraction of sp³-hybridized carbons (Fsp3) is 0.611.